The number of benzene rings is 1. The lowest BCUT2D eigenvalue weighted by atomic mass is 10.0. The number of nitrogens with one attached hydrogen (secondary N) is 2. The Kier molecular flexibility index (Phi) is 2.28. The molecule has 1 amide bonds. The number of nitrogens with zero attached hydrogens (tertiary/aromatic N) is 1. The Hall–Kier alpha value is -1.97. The fraction of sp³-hybridized carbons (Fsp3) is 0.308. The van der Waals surface area contributed by atoms with Crippen LogP contribution in [-0.2, 0) is 4.79 Å². The summed E-state index contributed by atoms with van der Waals surface area (Å²) in [5.41, 5.74) is 3.70. The van der Waals surface area contributed by atoms with Gasteiger partial charge < -0.3 is 15.5 Å². The van der Waals surface area contributed by atoms with Crippen LogP contribution in [0, 0.1) is 0 Å². The minimum atomic E-state index is 0.0814. The Labute approximate surface area is 100 Å². The van der Waals surface area contributed by atoms with Crippen molar-refractivity contribution in [3.05, 3.63) is 41.6 Å². The van der Waals surface area contributed by atoms with E-state index >= 15 is 0 Å². The van der Waals surface area contributed by atoms with Crippen LogP contribution in [0.2, 0.25) is 0 Å². The molecule has 2 heterocycles. The van der Waals surface area contributed by atoms with Gasteiger partial charge in [0.2, 0.25) is 5.91 Å². The standard InChI is InChI=1S/C13H15N3O/c1-14-13(17)6-11-9-4-2-3-5-10(9)12-7-15-8-16(11)12/h2-5,7,11,15H,6,8H2,1H3,(H,14,17). The van der Waals surface area contributed by atoms with Gasteiger partial charge >= 0.3 is 0 Å². The first-order valence-electron chi connectivity index (χ1n) is 5.81. The van der Waals surface area contributed by atoms with E-state index in [0.29, 0.717) is 6.42 Å². The Morgan fingerprint density at radius 2 is 2.35 bits per heavy atom. The summed E-state index contributed by atoms with van der Waals surface area (Å²) in [4.78, 5) is 13.8. The van der Waals surface area contributed by atoms with Gasteiger partial charge in [0.1, 0.15) is 0 Å². The zero-order valence-electron chi connectivity index (χ0n) is 9.73. The lowest BCUT2D eigenvalue weighted by Crippen LogP contribution is -2.29. The van der Waals surface area contributed by atoms with E-state index in [1.807, 2.05) is 18.3 Å². The average molecular weight is 229 g/mol. The van der Waals surface area contributed by atoms with Gasteiger partial charge in [0.05, 0.1) is 24.8 Å². The van der Waals surface area contributed by atoms with Crippen molar-refractivity contribution >= 4 is 11.6 Å². The highest BCUT2D eigenvalue weighted by Gasteiger charge is 2.36. The van der Waals surface area contributed by atoms with Gasteiger partial charge in [-0.15, -0.1) is 0 Å². The molecule has 1 atom stereocenters. The van der Waals surface area contributed by atoms with Crippen molar-refractivity contribution in [3.8, 4) is 0 Å². The molecule has 0 aromatic heterocycles. The van der Waals surface area contributed by atoms with Gasteiger partial charge in [0.25, 0.3) is 0 Å². The minimum absolute atomic E-state index is 0.0814. The van der Waals surface area contributed by atoms with Crippen molar-refractivity contribution in [2.45, 2.75) is 12.5 Å². The fourth-order valence-electron chi connectivity index (χ4n) is 2.61. The summed E-state index contributed by atoms with van der Waals surface area (Å²) in [6.45, 7) is 0.783. The van der Waals surface area contributed by atoms with Crippen LogP contribution < -0.4 is 10.6 Å². The van der Waals surface area contributed by atoms with Crippen LogP contribution in [-0.4, -0.2) is 24.5 Å². The number of hydrogen-bond acceptors (Lipinski definition) is 3. The van der Waals surface area contributed by atoms with Crippen molar-refractivity contribution in [1.29, 1.82) is 0 Å². The first kappa shape index (κ1) is 10.2. The fourth-order valence-corrected chi connectivity index (χ4v) is 2.61. The van der Waals surface area contributed by atoms with Gasteiger partial charge in [-0.1, -0.05) is 24.3 Å². The van der Waals surface area contributed by atoms with Crippen LogP contribution in [0.1, 0.15) is 23.6 Å². The van der Waals surface area contributed by atoms with Crippen molar-refractivity contribution in [3.63, 3.8) is 0 Å². The minimum Gasteiger partial charge on any atom is -0.372 e. The Morgan fingerprint density at radius 3 is 3.18 bits per heavy atom. The predicted molar refractivity (Wildman–Crippen MR) is 65.7 cm³/mol. The summed E-state index contributed by atoms with van der Waals surface area (Å²) < 4.78 is 0. The highest BCUT2D eigenvalue weighted by atomic mass is 16.1. The van der Waals surface area contributed by atoms with Gasteiger partial charge in [0.15, 0.2) is 0 Å². The van der Waals surface area contributed by atoms with E-state index in [1.54, 1.807) is 7.05 Å². The topological polar surface area (TPSA) is 44.4 Å². The van der Waals surface area contributed by atoms with E-state index in [2.05, 4.69) is 27.7 Å². The summed E-state index contributed by atoms with van der Waals surface area (Å²) >= 11 is 0. The third-order valence-electron chi connectivity index (χ3n) is 3.44. The van der Waals surface area contributed by atoms with Crippen molar-refractivity contribution < 1.29 is 4.79 Å². The third-order valence-corrected chi connectivity index (χ3v) is 3.44. The molecule has 0 fully saturated rings. The summed E-state index contributed by atoms with van der Waals surface area (Å²) in [7, 11) is 1.68. The number of carbonyl (C=O) groups is 1. The normalized spacial score (nSPS) is 20.4. The van der Waals surface area contributed by atoms with Crippen molar-refractivity contribution in [2.24, 2.45) is 0 Å². The van der Waals surface area contributed by atoms with Gasteiger partial charge in [-0.3, -0.25) is 4.79 Å². The number of hydrogen-bond donors (Lipinski definition) is 2. The zero-order chi connectivity index (χ0) is 11.8. The van der Waals surface area contributed by atoms with Crippen LogP contribution in [0.3, 0.4) is 0 Å². The smallest absolute Gasteiger partial charge is 0.222 e. The SMILES string of the molecule is CNC(=O)CC1c2ccccc2C2=CNCN21. The molecule has 1 unspecified atom stereocenters. The molecule has 3 rings (SSSR count). The molecule has 4 heteroatoms. The molecule has 17 heavy (non-hydrogen) atoms. The average Bonchev–Trinajstić information content (AvgIpc) is 2.93. The summed E-state index contributed by atoms with van der Waals surface area (Å²) in [5.74, 6) is 0.0814. The quantitative estimate of drug-likeness (QED) is 0.796. The molecule has 2 N–H and O–H groups in total. The first-order chi connectivity index (χ1) is 8.31. The van der Waals surface area contributed by atoms with E-state index in [4.69, 9.17) is 0 Å². The maximum absolute atomic E-state index is 11.6. The molecule has 1 aromatic carbocycles. The predicted octanol–water partition coefficient (Wildman–Crippen LogP) is 1.04. The maximum Gasteiger partial charge on any atom is 0.222 e. The molecular weight excluding hydrogens is 214 g/mol. The van der Waals surface area contributed by atoms with Gasteiger partial charge in [-0.25, -0.2) is 0 Å². The number of carbonyl (C=O) groups excluding carboxylic acids is 1. The van der Waals surface area contributed by atoms with Crippen LogP contribution >= 0.6 is 0 Å². The van der Waals surface area contributed by atoms with E-state index in [9.17, 15) is 4.79 Å². The third kappa shape index (κ3) is 1.48. The van der Waals surface area contributed by atoms with Crippen LogP contribution in [0.4, 0.5) is 0 Å². The molecule has 0 saturated heterocycles. The van der Waals surface area contributed by atoms with E-state index in [0.717, 1.165) is 6.67 Å². The van der Waals surface area contributed by atoms with Crippen LogP contribution in [0.5, 0.6) is 0 Å². The van der Waals surface area contributed by atoms with Crippen LogP contribution in [0.25, 0.3) is 5.70 Å². The molecule has 0 aliphatic carbocycles. The summed E-state index contributed by atoms with van der Waals surface area (Å²) in [6.07, 6.45) is 2.54. The number of rotatable bonds is 2. The van der Waals surface area contributed by atoms with Gasteiger partial charge in [-0.05, 0) is 5.56 Å². The molecule has 88 valence electrons. The van der Waals surface area contributed by atoms with E-state index < -0.39 is 0 Å². The second kappa shape index (κ2) is 3.80. The van der Waals surface area contributed by atoms with Crippen LogP contribution in [0.15, 0.2) is 30.5 Å². The molecule has 0 saturated carbocycles. The maximum atomic E-state index is 11.6. The molecule has 2 aliphatic rings. The molecule has 0 bridgehead atoms. The number of amides is 1. The van der Waals surface area contributed by atoms with Crippen molar-refractivity contribution in [1.82, 2.24) is 15.5 Å². The zero-order valence-corrected chi connectivity index (χ0v) is 9.73. The summed E-state index contributed by atoms with van der Waals surface area (Å²) in [6, 6.07) is 8.46. The molecule has 0 radical (unpaired) electrons. The second-order valence-electron chi connectivity index (χ2n) is 4.34. The Bertz CT molecular complexity index is 495. The highest BCUT2D eigenvalue weighted by Crippen LogP contribution is 2.43. The first-order valence-corrected chi connectivity index (χ1v) is 5.81. The molecule has 2 aliphatic heterocycles. The lowest BCUT2D eigenvalue weighted by molar-refractivity contribution is -0.121. The van der Waals surface area contributed by atoms with Gasteiger partial charge in [0, 0.05) is 18.8 Å². The largest absolute Gasteiger partial charge is 0.372 e. The Balaban J connectivity index is 1.99. The summed E-state index contributed by atoms with van der Waals surface area (Å²) in [5, 5.41) is 5.92. The lowest BCUT2D eigenvalue weighted by Gasteiger charge is -2.23. The highest BCUT2D eigenvalue weighted by molar-refractivity contribution is 5.80. The Morgan fingerprint density at radius 1 is 1.53 bits per heavy atom. The van der Waals surface area contributed by atoms with Crippen molar-refractivity contribution in [2.75, 3.05) is 13.7 Å². The second-order valence-corrected chi connectivity index (χ2v) is 4.34. The molecular formula is C13H15N3O. The molecule has 4 nitrogen and oxygen atoms in total. The number of fused-ring (bicyclic) bond motifs is 3. The molecule has 0 spiro atoms. The molecule has 1 aromatic rings. The van der Waals surface area contributed by atoms with Gasteiger partial charge in [-0.2, -0.15) is 0 Å². The van der Waals surface area contributed by atoms with E-state index in [1.165, 1.54) is 16.8 Å². The monoisotopic (exact) mass is 229 g/mol. The van der Waals surface area contributed by atoms with E-state index in [-0.39, 0.29) is 11.9 Å².